The summed E-state index contributed by atoms with van der Waals surface area (Å²) in [4.78, 5) is 25.7. The molecular weight excluding hydrogens is 540 g/mol. The molecule has 0 unspecified atom stereocenters. The first kappa shape index (κ1) is 27.5. The van der Waals surface area contributed by atoms with Crippen LogP contribution in [0.2, 0.25) is 0 Å². The molecule has 2 aromatic carbocycles. The Balaban J connectivity index is 2.13. The van der Waals surface area contributed by atoms with Crippen molar-refractivity contribution in [2.45, 2.75) is 32.4 Å². The number of aliphatic hydroxyl groups excluding tert-OH is 1. The van der Waals surface area contributed by atoms with E-state index in [4.69, 9.17) is 9.47 Å². The molecule has 10 heteroatoms. The summed E-state index contributed by atoms with van der Waals surface area (Å²) in [5.74, 6) is -0.150. The third-order valence-electron chi connectivity index (χ3n) is 5.24. The molecule has 9 nitrogen and oxygen atoms in total. The molecule has 0 bridgehead atoms. The molecule has 0 fully saturated rings. The van der Waals surface area contributed by atoms with Crippen molar-refractivity contribution < 1.29 is 24.2 Å². The van der Waals surface area contributed by atoms with Crippen molar-refractivity contribution in [1.82, 2.24) is 9.88 Å². The van der Waals surface area contributed by atoms with Gasteiger partial charge in [-0.05, 0) is 63.2 Å². The van der Waals surface area contributed by atoms with Crippen LogP contribution in [0.1, 0.15) is 42.3 Å². The molecule has 0 aliphatic carbocycles. The van der Waals surface area contributed by atoms with Gasteiger partial charge in [-0.2, -0.15) is 10.5 Å². The molecule has 3 aromatic rings. The highest BCUT2D eigenvalue weighted by molar-refractivity contribution is 9.10. The number of ether oxygens (including phenoxy) is 2. The quantitative estimate of drug-likeness (QED) is 0.407. The third-order valence-corrected chi connectivity index (χ3v) is 5.74. The van der Waals surface area contributed by atoms with Gasteiger partial charge in [-0.3, -0.25) is 9.36 Å². The van der Waals surface area contributed by atoms with Gasteiger partial charge >= 0.3 is 6.09 Å². The van der Waals surface area contributed by atoms with E-state index >= 15 is 0 Å². The Bertz CT molecular complexity index is 1470. The predicted octanol–water partition coefficient (Wildman–Crippen LogP) is 4.87. The predicted molar refractivity (Wildman–Crippen MR) is 142 cm³/mol. The number of carbonyl (C=O) groups excluding carboxylic acids is 2. The van der Waals surface area contributed by atoms with Gasteiger partial charge in [0.25, 0.3) is 5.91 Å². The van der Waals surface area contributed by atoms with Crippen LogP contribution in [0.5, 0.6) is 5.75 Å². The zero-order valence-corrected chi connectivity index (χ0v) is 22.3. The number of hydrogen-bond donors (Lipinski definition) is 2. The maximum absolute atomic E-state index is 13.4. The number of methoxy groups -OCH3 is 1. The Labute approximate surface area is 222 Å². The number of benzene rings is 2. The highest BCUT2D eigenvalue weighted by Gasteiger charge is 2.27. The molecule has 1 atom stereocenters. The zero-order valence-electron chi connectivity index (χ0n) is 20.7. The second-order valence-electron chi connectivity index (χ2n) is 9.03. The van der Waals surface area contributed by atoms with E-state index in [0.29, 0.717) is 33.3 Å². The number of aromatic nitrogens is 1. The summed E-state index contributed by atoms with van der Waals surface area (Å²) in [5, 5.41) is 32.2. The van der Waals surface area contributed by atoms with Crippen LogP contribution in [0, 0.1) is 22.7 Å². The lowest BCUT2D eigenvalue weighted by Crippen LogP contribution is -2.47. The van der Waals surface area contributed by atoms with Crippen molar-refractivity contribution in [3.8, 4) is 17.9 Å². The molecule has 1 aromatic heterocycles. The fourth-order valence-electron chi connectivity index (χ4n) is 3.64. The van der Waals surface area contributed by atoms with E-state index in [0.717, 1.165) is 4.47 Å². The van der Waals surface area contributed by atoms with Crippen LogP contribution in [-0.2, 0) is 4.74 Å². The summed E-state index contributed by atoms with van der Waals surface area (Å²) in [6.07, 6.45) is 2.21. The van der Waals surface area contributed by atoms with Gasteiger partial charge in [0.2, 0.25) is 0 Å². The number of amides is 1. The average Bonchev–Trinajstić information content (AvgIpc) is 3.22. The molecule has 0 spiro atoms. The van der Waals surface area contributed by atoms with Gasteiger partial charge in [0, 0.05) is 27.2 Å². The van der Waals surface area contributed by atoms with Crippen LogP contribution >= 0.6 is 15.9 Å². The van der Waals surface area contributed by atoms with Crippen LogP contribution in [0.3, 0.4) is 0 Å². The number of halogens is 1. The average molecular weight is 565 g/mol. The number of aliphatic hydroxyl groups is 1. The van der Waals surface area contributed by atoms with Gasteiger partial charge in [-0.25, -0.2) is 4.79 Å². The molecule has 0 saturated heterocycles. The van der Waals surface area contributed by atoms with Crippen molar-refractivity contribution in [2.24, 2.45) is 0 Å². The minimum atomic E-state index is -1.29. The van der Waals surface area contributed by atoms with Crippen molar-refractivity contribution in [3.63, 3.8) is 0 Å². The Hall–Kier alpha value is -4.12. The van der Waals surface area contributed by atoms with Crippen LogP contribution in [-0.4, -0.2) is 47.0 Å². The second-order valence-corrected chi connectivity index (χ2v) is 9.95. The van der Waals surface area contributed by atoms with E-state index in [1.54, 1.807) is 63.2 Å². The first-order valence-electron chi connectivity index (χ1n) is 11.2. The Morgan fingerprint density at radius 1 is 1.22 bits per heavy atom. The van der Waals surface area contributed by atoms with Crippen molar-refractivity contribution in [2.75, 3.05) is 13.7 Å². The minimum Gasteiger partial charge on any atom is -0.496 e. The van der Waals surface area contributed by atoms with Crippen molar-refractivity contribution in [3.05, 3.63) is 63.8 Å². The monoisotopic (exact) mass is 564 g/mol. The number of nitrogens with one attached hydrogen (secondary N) is 1. The van der Waals surface area contributed by atoms with E-state index in [1.807, 2.05) is 0 Å². The molecular formula is C27H25BrN4O5. The molecule has 1 amide bonds. The molecule has 0 aliphatic heterocycles. The maximum atomic E-state index is 13.4. The lowest BCUT2D eigenvalue weighted by Gasteiger charge is -2.22. The highest BCUT2D eigenvalue weighted by atomic mass is 79.9. The molecule has 1 heterocycles. The van der Waals surface area contributed by atoms with E-state index < -0.39 is 30.3 Å². The number of carbonyl (C=O) groups is 2. The summed E-state index contributed by atoms with van der Waals surface area (Å²) in [5.41, 5.74) is 1.23. The van der Waals surface area contributed by atoms with Gasteiger partial charge in [0.05, 0.1) is 42.5 Å². The standard InChI is InChI=1S/C27H25BrN4O5/c1-27(2,3)37-26(35)31-22(15-33)25(34)32-14-21(20-11-19(28)6-7-23(20)32)18(13-30)10-17-9-16(12-29)5-8-24(17)36-4/h5-11,14,22,33H,15H2,1-4H3,(H,31,35)/b18-10+/t22-/m0/s1. The van der Waals surface area contributed by atoms with Gasteiger partial charge < -0.3 is 19.9 Å². The smallest absolute Gasteiger partial charge is 0.408 e. The molecule has 2 N–H and O–H groups in total. The van der Waals surface area contributed by atoms with E-state index in [-0.39, 0.29) is 5.57 Å². The summed E-state index contributed by atoms with van der Waals surface area (Å²) in [6, 6.07) is 13.0. The molecule has 0 saturated carbocycles. The van der Waals surface area contributed by atoms with Crippen molar-refractivity contribution in [1.29, 1.82) is 10.5 Å². The highest BCUT2D eigenvalue weighted by Crippen LogP contribution is 2.33. The van der Waals surface area contributed by atoms with E-state index in [9.17, 15) is 25.2 Å². The zero-order chi connectivity index (χ0) is 27.3. The fraction of sp³-hybridized carbons (Fsp3) is 0.259. The van der Waals surface area contributed by atoms with Gasteiger partial charge in [0.1, 0.15) is 17.4 Å². The van der Waals surface area contributed by atoms with Crippen LogP contribution < -0.4 is 10.1 Å². The van der Waals surface area contributed by atoms with Crippen LogP contribution in [0.15, 0.2) is 47.1 Å². The number of nitrogens with zero attached hydrogens (tertiary/aromatic N) is 3. The Morgan fingerprint density at radius 3 is 2.54 bits per heavy atom. The minimum absolute atomic E-state index is 0.212. The summed E-state index contributed by atoms with van der Waals surface area (Å²) < 4.78 is 12.6. The summed E-state index contributed by atoms with van der Waals surface area (Å²) >= 11 is 3.43. The first-order valence-corrected chi connectivity index (χ1v) is 12.0. The number of hydrogen-bond acceptors (Lipinski definition) is 7. The fourth-order valence-corrected chi connectivity index (χ4v) is 4.01. The Morgan fingerprint density at radius 2 is 1.95 bits per heavy atom. The largest absolute Gasteiger partial charge is 0.496 e. The van der Waals surface area contributed by atoms with Gasteiger partial charge in [-0.15, -0.1) is 0 Å². The topological polar surface area (TPSA) is 137 Å². The second kappa shape index (κ2) is 11.3. The number of nitriles is 2. The number of fused-ring (bicyclic) bond motifs is 1. The number of rotatable bonds is 6. The van der Waals surface area contributed by atoms with Crippen LogP contribution in [0.25, 0.3) is 22.6 Å². The molecule has 0 aliphatic rings. The number of allylic oxidation sites excluding steroid dienone is 1. The number of alkyl carbamates (subject to hydrolysis) is 1. The Kier molecular flexibility index (Phi) is 8.38. The van der Waals surface area contributed by atoms with E-state index in [2.05, 4.69) is 33.4 Å². The van der Waals surface area contributed by atoms with E-state index in [1.165, 1.54) is 17.9 Å². The lowest BCUT2D eigenvalue weighted by atomic mass is 10.0. The van der Waals surface area contributed by atoms with Crippen molar-refractivity contribution >= 4 is 50.5 Å². The molecule has 0 radical (unpaired) electrons. The first-order chi connectivity index (χ1) is 17.5. The van der Waals surface area contributed by atoms with Gasteiger partial charge in [0.15, 0.2) is 0 Å². The maximum Gasteiger partial charge on any atom is 0.408 e. The SMILES string of the molecule is COc1ccc(C#N)cc1/C=C(\C#N)c1cn(C(=O)[C@H](CO)NC(=O)OC(C)(C)C)c2ccc(Br)cc12. The van der Waals surface area contributed by atoms with Gasteiger partial charge in [-0.1, -0.05) is 15.9 Å². The summed E-state index contributed by atoms with van der Waals surface area (Å²) in [6.45, 7) is 4.39. The molecule has 3 rings (SSSR count). The normalized spacial score (nSPS) is 12.4. The lowest BCUT2D eigenvalue weighted by molar-refractivity contribution is 0.0455. The summed E-state index contributed by atoms with van der Waals surface area (Å²) in [7, 11) is 1.49. The molecule has 190 valence electrons. The van der Waals surface area contributed by atoms with Crippen LogP contribution in [0.4, 0.5) is 4.79 Å². The molecule has 37 heavy (non-hydrogen) atoms. The third kappa shape index (κ3) is 6.36.